The number of amides is 1. The number of oxime groups is 1. The molecule has 1 amide bonds. The van der Waals surface area contributed by atoms with Crippen LogP contribution in [-0.2, 0) is 9.63 Å². The van der Waals surface area contributed by atoms with Crippen LogP contribution in [0.3, 0.4) is 0 Å². The Morgan fingerprint density at radius 3 is 2.68 bits per heavy atom. The molecule has 178 valence electrons. The Labute approximate surface area is 202 Å². The molecule has 0 spiro atoms. The van der Waals surface area contributed by atoms with Crippen molar-refractivity contribution >= 4 is 17.3 Å². The molecule has 0 aliphatic carbocycles. The van der Waals surface area contributed by atoms with Crippen molar-refractivity contribution in [3.05, 3.63) is 84.1 Å². The largest absolute Gasteiger partial charge is 0.497 e. The number of carbonyl (C=O) groups excluding carboxylic acids is 1. The van der Waals surface area contributed by atoms with E-state index in [1.165, 1.54) is 19.3 Å². The third kappa shape index (κ3) is 5.68. The molecule has 2 aliphatic rings. The number of nitrogens with zero attached hydrogens (tertiary/aromatic N) is 3. The van der Waals surface area contributed by atoms with Gasteiger partial charge in [0.05, 0.1) is 18.9 Å². The van der Waals surface area contributed by atoms with E-state index >= 15 is 0 Å². The summed E-state index contributed by atoms with van der Waals surface area (Å²) in [4.78, 5) is 22.8. The van der Waals surface area contributed by atoms with Crippen LogP contribution in [0, 0.1) is 0 Å². The first-order valence-corrected chi connectivity index (χ1v) is 12.0. The first-order chi connectivity index (χ1) is 16.7. The molecular formula is C28H33N3O3. The number of hydrogen-bond acceptors (Lipinski definition) is 5. The van der Waals surface area contributed by atoms with Gasteiger partial charge in [-0.1, -0.05) is 41.6 Å². The van der Waals surface area contributed by atoms with Gasteiger partial charge in [-0.3, -0.25) is 9.69 Å². The number of benzene rings is 2. The lowest BCUT2D eigenvalue weighted by Crippen LogP contribution is -2.49. The summed E-state index contributed by atoms with van der Waals surface area (Å²) >= 11 is 0. The maximum atomic E-state index is 13.1. The molecule has 2 aliphatic heterocycles. The number of carbonyl (C=O) groups is 1. The molecule has 2 heterocycles. The highest BCUT2D eigenvalue weighted by Crippen LogP contribution is 2.43. The van der Waals surface area contributed by atoms with Crippen molar-refractivity contribution in [3.63, 3.8) is 0 Å². The number of β-lactam (4-membered cyclic amide) rings is 1. The minimum absolute atomic E-state index is 0.0264. The lowest BCUT2D eigenvalue weighted by atomic mass is 9.86. The molecule has 0 aromatic heterocycles. The van der Waals surface area contributed by atoms with Crippen molar-refractivity contribution in [1.29, 1.82) is 0 Å². The van der Waals surface area contributed by atoms with E-state index < -0.39 is 0 Å². The van der Waals surface area contributed by atoms with E-state index in [-0.39, 0.29) is 11.9 Å². The number of anilines is 1. The molecule has 1 unspecified atom stereocenters. The average molecular weight is 460 g/mol. The zero-order chi connectivity index (χ0) is 23.8. The highest BCUT2D eigenvalue weighted by Gasteiger charge is 2.43. The van der Waals surface area contributed by atoms with Crippen molar-refractivity contribution < 1.29 is 14.4 Å². The molecule has 0 N–H and O–H groups in total. The van der Waals surface area contributed by atoms with Gasteiger partial charge in [-0.15, -0.1) is 0 Å². The first-order valence-electron chi connectivity index (χ1n) is 12.0. The molecule has 0 bridgehead atoms. The van der Waals surface area contributed by atoms with Gasteiger partial charge in [0.2, 0.25) is 0 Å². The Morgan fingerprint density at radius 1 is 1.12 bits per heavy atom. The fourth-order valence-corrected chi connectivity index (χ4v) is 4.35. The van der Waals surface area contributed by atoms with Gasteiger partial charge in [0.1, 0.15) is 12.4 Å². The summed E-state index contributed by atoms with van der Waals surface area (Å²) in [7, 11) is 1.63. The molecule has 1 saturated heterocycles. The third-order valence-corrected chi connectivity index (χ3v) is 6.12. The zero-order valence-corrected chi connectivity index (χ0v) is 20.0. The van der Waals surface area contributed by atoms with E-state index in [0.717, 1.165) is 36.5 Å². The van der Waals surface area contributed by atoms with E-state index in [2.05, 4.69) is 22.3 Å². The van der Waals surface area contributed by atoms with Crippen LogP contribution in [-0.4, -0.2) is 43.3 Å². The number of ether oxygens (including phenoxy) is 1. The van der Waals surface area contributed by atoms with Gasteiger partial charge in [-0.25, -0.2) is 0 Å². The molecule has 4 rings (SSSR count). The standard InChI is InChI=1S/C28H33N3O3/c1-22(29-34-20-10-19-30-17-8-3-4-9-18-30)21-26-27(23-11-6-5-7-12-23)31(28(26)32)24-13-15-25(33-2)16-14-24/h5-8,11-17,21,27H,3-4,9-10,18-20H2,1-2H3/b26-21+,29-22?. The molecule has 6 nitrogen and oxygen atoms in total. The number of rotatable bonds is 9. The molecule has 0 saturated carbocycles. The highest BCUT2D eigenvalue weighted by atomic mass is 16.6. The predicted molar refractivity (Wildman–Crippen MR) is 136 cm³/mol. The molecule has 2 aromatic carbocycles. The summed E-state index contributed by atoms with van der Waals surface area (Å²) in [5.41, 5.74) is 3.29. The Hall–Kier alpha value is -3.54. The smallest absolute Gasteiger partial charge is 0.257 e. The first kappa shape index (κ1) is 23.6. The van der Waals surface area contributed by atoms with E-state index in [0.29, 0.717) is 17.9 Å². The lowest BCUT2D eigenvalue weighted by Gasteiger charge is -2.43. The second kappa shape index (κ2) is 11.5. The van der Waals surface area contributed by atoms with Crippen LogP contribution in [0.15, 0.2) is 83.7 Å². The molecular weight excluding hydrogens is 426 g/mol. The number of methoxy groups -OCH3 is 1. The lowest BCUT2D eigenvalue weighted by molar-refractivity contribution is -0.119. The maximum Gasteiger partial charge on any atom is 0.257 e. The summed E-state index contributed by atoms with van der Waals surface area (Å²) < 4.78 is 5.26. The fourth-order valence-electron chi connectivity index (χ4n) is 4.35. The van der Waals surface area contributed by atoms with Gasteiger partial charge in [0, 0.05) is 30.8 Å². The van der Waals surface area contributed by atoms with Crippen LogP contribution in [0.25, 0.3) is 0 Å². The summed E-state index contributed by atoms with van der Waals surface area (Å²) in [5.74, 6) is 0.734. The summed E-state index contributed by atoms with van der Waals surface area (Å²) in [6.07, 6.45) is 10.9. The van der Waals surface area contributed by atoms with Gasteiger partial charge < -0.3 is 14.5 Å². The second-order valence-corrected chi connectivity index (χ2v) is 8.62. The molecule has 1 fully saturated rings. The van der Waals surface area contributed by atoms with Crippen molar-refractivity contribution in [2.75, 3.05) is 31.7 Å². The van der Waals surface area contributed by atoms with Crippen LogP contribution < -0.4 is 9.64 Å². The molecule has 34 heavy (non-hydrogen) atoms. The fraction of sp³-hybridized carbons (Fsp3) is 0.357. The van der Waals surface area contributed by atoms with Crippen LogP contribution in [0.2, 0.25) is 0 Å². The van der Waals surface area contributed by atoms with E-state index in [4.69, 9.17) is 9.57 Å². The SMILES string of the molecule is COc1ccc(N2C(=O)/C(=C/C(C)=NOCCCN3C=CCCCC3)C2c2ccccc2)cc1. The minimum atomic E-state index is -0.165. The molecule has 1 atom stereocenters. The summed E-state index contributed by atoms with van der Waals surface area (Å²) in [6.45, 7) is 4.50. The molecule has 2 aromatic rings. The van der Waals surface area contributed by atoms with Crippen molar-refractivity contribution in [1.82, 2.24) is 4.90 Å². The van der Waals surface area contributed by atoms with Crippen LogP contribution in [0.5, 0.6) is 5.75 Å². The van der Waals surface area contributed by atoms with Gasteiger partial charge in [0.25, 0.3) is 5.91 Å². The second-order valence-electron chi connectivity index (χ2n) is 8.62. The van der Waals surface area contributed by atoms with Crippen molar-refractivity contribution in [2.45, 2.75) is 38.6 Å². The van der Waals surface area contributed by atoms with Crippen LogP contribution in [0.1, 0.15) is 44.2 Å². The Balaban J connectivity index is 1.41. The average Bonchev–Trinajstić information content (AvgIpc) is 3.15. The number of allylic oxidation sites excluding steroid dienone is 2. The molecule has 6 heteroatoms. The van der Waals surface area contributed by atoms with Gasteiger partial charge in [-0.05, 0) is 68.3 Å². The quantitative estimate of drug-likeness (QED) is 0.164. The van der Waals surface area contributed by atoms with Crippen molar-refractivity contribution in [2.24, 2.45) is 5.16 Å². The highest BCUT2D eigenvalue weighted by molar-refractivity contribution is 6.18. The van der Waals surface area contributed by atoms with E-state index in [1.807, 2.05) is 72.5 Å². The minimum Gasteiger partial charge on any atom is -0.497 e. The zero-order valence-electron chi connectivity index (χ0n) is 20.0. The maximum absolute atomic E-state index is 13.1. The third-order valence-electron chi connectivity index (χ3n) is 6.12. The van der Waals surface area contributed by atoms with Gasteiger partial charge >= 0.3 is 0 Å². The monoisotopic (exact) mass is 459 g/mol. The van der Waals surface area contributed by atoms with Crippen LogP contribution in [0.4, 0.5) is 5.69 Å². The van der Waals surface area contributed by atoms with E-state index in [9.17, 15) is 4.79 Å². The Kier molecular flexibility index (Phi) is 8.02. The molecule has 0 radical (unpaired) electrons. The normalized spacial score (nSPS) is 19.7. The van der Waals surface area contributed by atoms with Gasteiger partial charge in [-0.2, -0.15) is 0 Å². The van der Waals surface area contributed by atoms with Crippen molar-refractivity contribution in [3.8, 4) is 5.75 Å². The summed E-state index contributed by atoms with van der Waals surface area (Å²) in [6, 6.07) is 17.4. The predicted octanol–water partition coefficient (Wildman–Crippen LogP) is 5.49. The summed E-state index contributed by atoms with van der Waals surface area (Å²) in [5, 5.41) is 4.25. The van der Waals surface area contributed by atoms with E-state index in [1.54, 1.807) is 7.11 Å². The van der Waals surface area contributed by atoms with Gasteiger partial charge in [0.15, 0.2) is 0 Å². The Morgan fingerprint density at radius 2 is 1.91 bits per heavy atom. The van der Waals surface area contributed by atoms with Crippen LogP contribution >= 0.6 is 0 Å². The topological polar surface area (TPSA) is 54.4 Å². The Bertz CT molecular complexity index is 1040. The number of hydrogen-bond donors (Lipinski definition) is 0.